The van der Waals surface area contributed by atoms with E-state index in [0.717, 1.165) is 70.6 Å². The van der Waals surface area contributed by atoms with E-state index < -0.39 is 153 Å². The van der Waals surface area contributed by atoms with E-state index in [1.165, 1.54) is 13.8 Å². The fraction of sp³-hybridized carbons (Fsp3) is 0.938. The van der Waals surface area contributed by atoms with Crippen LogP contribution in [0.25, 0.3) is 0 Å². The van der Waals surface area contributed by atoms with Crippen molar-refractivity contribution >= 4 is 17.9 Å². The van der Waals surface area contributed by atoms with Gasteiger partial charge in [-0.15, -0.1) is 0 Å². The van der Waals surface area contributed by atoms with Gasteiger partial charge in [0.25, 0.3) is 0 Å². The summed E-state index contributed by atoms with van der Waals surface area (Å²) >= 11 is 0. The van der Waals surface area contributed by atoms with Crippen molar-refractivity contribution in [3.05, 3.63) is 0 Å². The zero-order chi connectivity index (χ0) is 50.0. The van der Waals surface area contributed by atoms with Crippen LogP contribution in [0.15, 0.2) is 0 Å². The molecule has 0 spiro atoms. The molecule has 6 saturated heterocycles. The second-order valence-corrected chi connectivity index (χ2v) is 19.9. The van der Waals surface area contributed by atoms with Gasteiger partial charge in [-0.05, 0) is 47.0 Å². The Morgan fingerprint density at radius 3 is 1.71 bits per heavy atom. The summed E-state index contributed by atoms with van der Waals surface area (Å²) in [6.45, 7) is 14.7. The molecule has 6 rings (SSSR count). The number of carbonyl (C=O) groups excluding carboxylic acids is 3. The molecular weight excluding hydrogens is 897 g/mol. The van der Waals surface area contributed by atoms with E-state index in [2.05, 4.69) is 6.92 Å². The molecule has 0 aromatic carbocycles. The van der Waals surface area contributed by atoms with Crippen LogP contribution in [0.3, 0.4) is 0 Å². The minimum Gasteiger partial charge on any atom is -0.456 e. The van der Waals surface area contributed by atoms with Gasteiger partial charge in [0.05, 0.1) is 42.4 Å². The summed E-state index contributed by atoms with van der Waals surface area (Å²) in [5.41, 5.74) is 0. The van der Waals surface area contributed by atoms with Crippen LogP contribution in [0.4, 0.5) is 0 Å². The Bertz CT molecular complexity index is 1550. The highest BCUT2D eigenvalue weighted by Gasteiger charge is 2.56. The Labute approximate surface area is 400 Å². The lowest BCUT2D eigenvalue weighted by atomic mass is 9.95. The van der Waals surface area contributed by atoms with Crippen molar-refractivity contribution in [1.82, 2.24) is 0 Å². The van der Waals surface area contributed by atoms with Crippen molar-refractivity contribution in [3.8, 4) is 0 Å². The van der Waals surface area contributed by atoms with Gasteiger partial charge >= 0.3 is 17.9 Å². The highest BCUT2D eigenvalue weighted by molar-refractivity contribution is 5.72. The summed E-state index contributed by atoms with van der Waals surface area (Å²) in [5, 5.41) is 68.9. The Hall–Kier alpha value is -2.15. The SMILES string of the molecule is CCCCC[C@@H]1CCCCCCCCCC(=O)O[C@@H]2[C@@H](O)[C@H](O[C@@H]3[C@H](O)[C@@H](O)[C@H](O1)O[C@H]3C)O[C@@H](C)[C@@H]2O[C@H]1O[C@@H](C)[C@H](O[C@H]2O[C@@H](C)[C@H](O)[C@@H](OC(=O)C(C)C)[C@@H]2O)[C@@H](OC(=O)C(C)C)[C@@H]1O. The summed E-state index contributed by atoms with van der Waals surface area (Å²) in [4.78, 5) is 39.3. The van der Waals surface area contributed by atoms with Crippen LogP contribution in [0, 0.1) is 11.8 Å². The first-order valence-electron chi connectivity index (χ1n) is 25.2. The van der Waals surface area contributed by atoms with Gasteiger partial charge in [-0.2, -0.15) is 0 Å². The predicted molar refractivity (Wildman–Crippen MR) is 238 cm³/mol. The van der Waals surface area contributed by atoms with Crippen LogP contribution < -0.4 is 0 Å². The summed E-state index contributed by atoms with van der Waals surface area (Å²) in [6.07, 6.45) is -17.5. The lowest BCUT2D eigenvalue weighted by Crippen LogP contribution is -2.67. The maximum Gasteiger partial charge on any atom is 0.308 e. The third kappa shape index (κ3) is 14.7. The number of esters is 3. The summed E-state index contributed by atoms with van der Waals surface area (Å²) in [7, 11) is 0. The van der Waals surface area contributed by atoms with Gasteiger partial charge in [0, 0.05) is 6.42 Å². The van der Waals surface area contributed by atoms with Crippen LogP contribution in [-0.2, 0) is 66.5 Å². The Morgan fingerprint density at radius 2 is 1.07 bits per heavy atom. The van der Waals surface area contributed by atoms with E-state index in [1.54, 1.807) is 41.5 Å². The lowest BCUT2D eigenvalue weighted by molar-refractivity contribution is -0.383. The van der Waals surface area contributed by atoms with Crippen LogP contribution in [0.2, 0.25) is 0 Å². The van der Waals surface area contributed by atoms with Crippen molar-refractivity contribution in [2.45, 2.75) is 275 Å². The Morgan fingerprint density at radius 1 is 0.544 bits per heavy atom. The van der Waals surface area contributed by atoms with Gasteiger partial charge in [0.2, 0.25) is 0 Å². The van der Waals surface area contributed by atoms with Gasteiger partial charge in [0.1, 0.15) is 54.9 Å². The second-order valence-electron chi connectivity index (χ2n) is 19.9. The molecule has 4 bridgehead atoms. The molecule has 20 nitrogen and oxygen atoms in total. The number of rotatable bonds is 12. The van der Waals surface area contributed by atoms with Crippen molar-refractivity contribution in [1.29, 1.82) is 0 Å². The fourth-order valence-electron chi connectivity index (χ4n) is 9.23. The summed E-state index contributed by atoms with van der Waals surface area (Å²) in [5.74, 6) is -3.29. The highest BCUT2D eigenvalue weighted by Crippen LogP contribution is 2.37. The van der Waals surface area contributed by atoms with E-state index in [-0.39, 0.29) is 12.5 Å². The van der Waals surface area contributed by atoms with Crippen LogP contribution >= 0.6 is 0 Å². The summed E-state index contributed by atoms with van der Waals surface area (Å²) in [6, 6.07) is 0. The zero-order valence-electron chi connectivity index (χ0n) is 41.4. The molecule has 0 unspecified atom stereocenters. The fourth-order valence-corrected chi connectivity index (χ4v) is 9.23. The maximum atomic E-state index is 13.6. The van der Waals surface area contributed by atoms with E-state index in [0.29, 0.717) is 6.42 Å². The maximum absolute atomic E-state index is 13.6. The molecule has 0 amide bonds. The van der Waals surface area contributed by atoms with Gasteiger partial charge in [0.15, 0.2) is 43.5 Å². The first-order chi connectivity index (χ1) is 32.2. The number of carbonyl (C=O) groups is 3. The monoisotopic (exact) mass is 979 g/mol. The van der Waals surface area contributed by atoms with E-state index in [9.17, 15) is 45.0 Å². The molecule has 21 atom stereocenters. The first-order valence-corrected chi connectivity index (χ1v) is 25.2. The van der Waals surface area contributed by atoms with Crippen molar-refractivity contribution in [3.63, 3.8) is 0 Å². The number of unbranched alkanes of at least 4 members (excludes halogenated alkanes) is 2. The molecule has 6 heterocycles. The van der Waals surface area contributed by atoms with Gasteiger partial charge < -0.3 is 82.7 Å². The average molecular weight is 979 g/mol. The number of hydrogen-bond acceptors (Lipinski definition) is 20. The van der Waals surface area contributed by atoms with Crippen LogP contribution in [0.1, 0.15) is 146 Å². The quantitative estimate of drug-likeness (QED) is 0.0932. The third-order valence-electron chi connectivity index (χ3n) is 13.5. The minimum atomic E-state index is -1.82. The molecule has 20 heteroatoms. The molecule has 0 aromatic rings. The molecule has 68 heavy (non-hydrogen) atoms. The standard InChI is InChI=1S/C48H82O20/c1-10-11-17-20-29-21-18-15-13-12-14-16-19-22-30(49)63-41-35(54)47(66-37-26(7)59-45(62-29)33(52)32(37)51)60-27(8)38(41)67-48-36(55)42(65-44(57)24(4)5)39(28(9)61-48)68-46-34(53)40(31(50)25(6)58-46)64-43(56)23(2)3/h23-29,31-42,45-48,50-55H,10-22H2,1-9H3/t25-,26-,27-,28-,29+,31-,32+,33+,34-,35+,36-,37-,38-,39-,40+,41+,42-,45-,46+,47-,48+/m0/s1. The molecule has 6 aliphatic rings. The third-order valence-corrected chi connectivity index (χ3v) is 13.5. The molecule has 0 saturated carbocycles. The molecular formula is C48H82O20. The van der Waals surface area contributed by atoms with Crippen molar-refractivity contribution in [2.24, 2.45) is 11.8 Å². The number of aliphatic hydroxyl groups is 6. The van der Waals surface area contributed by atoms with Crippen molar-refractivity contribution in [2.75, 3.05) is 0 Å². The highest BCUT2D eigenvalue weighted by atomic mass is 16.8. The summed E-state index contributed by atoms with van der Waals surface area (Å²) < 4.78 is 66.6. The zero-order valence-corrected chi connectivity index (χ0v) is 41.4. The smallest absolute Gasteiger partial charge is 0.308 e. The normalized spacial score (nSPS) is 42.8. The Balaban J connectivity index is 1.37. The largest absolute Gasteiger partial charge is 0.456 e. The predicted octanol–water partition coefficient (Wildman–Crippen LogP) is 2.82. The van der Waals surface area contributed by atoms with Gasteiger partial charge in [-0.1, -0.05) is 92.4 Å². The average Bonchev–Trinajstić information content (AvgIpc) is 3.28. The second kappa shape index (κ2) is 26.5. The van der Waals surface area contributed by atoms with Crippen LogP contribution in [-0.4, -0.2) is 177 Å². The molecule has 6 fully saturated rings. The molecule has 0 aromatic heterocycles. The minimum absolute atomic E-state index is 0.0291. The van der Waals surface area contributed by atoms with E-state index in [4.69, 9.17) is 52.1 Å². The van der Waals surface area contributed by atoms with E-state index in [1.807, 2.05) is 0 Å². The Kier molecular flexibility index (Phi) is 22.1. The van der Waals surface area contributed by atoms with Gasteiger partial charge in [-0.3, -0.25) is 14.4 Å². The van der Waals surface area contributed by atoms with Crippen LogP contribution in [0.5, 0.6) is 0 Å². The van der Waals surface area contributed by atoms with E-state index >= 15 is 0 Å². The molecule has 6 N–H and O–H groups in total. The van der Waals surface area contributed by atoms with Crippen molar-refractivity contribution < 1.29 is 97.1 Å². The number of aliphatic hydroxyl groups excluding tert-OH is 6. The number of ether oxygens (including phenoxy) is 11. The molecule has 0 radical (unpaired) electrons. The topological polar surface area (TPSA) is 274 Å². The lowest BCUT2D eigenvalue weighted by Gasteiger charge is -2.49. The van der Waals surface area contributed by atoms with Gasteiger partial charge in [-0.25, -0.2) is 0 Å². The molecule has 6 aliphatic heterocycles. The number of fused-ring (bicyclic) bond motifs is 14. The molecule has 394 valence electrons. The first kappa shape index (κ1) is 56.8. The molecule has 0 aliphatic carbocycles. The number of hydrogen-bond donors (Lipinski definition) is 6.